The minimum Gasteiger partial charge on any atom is -0.481 e. The van der Waals surface area contributed by atoms with Crippen molar-refractivity contribution in [2.24, 2.45) is 0 Å². The molecule has 144 valence electrons. The Kier molecular flexibility index (Phi) is 7.72. The second-order valence-corrected chi connectivity index (χ2v) is 7.13. The molecule has 2 unspecified atom stereocenters. The van der Waals surface area contributed by atoms with E-state index in [-0.39, 0.29) is 17.9 Å². The molecule has 26 heavy (non-hydrogen) atoms. The number of ether oxygens (including phenoxy) is 1. The van der Waals surface area contributed by atoms with Crippen LogP contribution in [-0.2, 0) is 9.59 Å². The molecule has 1 N–H and O–H groups in total. The molecule has 2 rings (SSSR count). The van der Waals surface area contributed by atoms with Gasteiger partial charge in [0.15, 0.2) is 6.10 Å². The van der Waals surface area contributed by atoms with Crippen molar-refractivity contribution in [1.82, 2.24) is 15.1 Å². The van der Waals surface area contributed by atoms with Crippen LogP contribution in [0.5, 0.6) is 5.75 Å². The summed E-state index contributed by atoms with van der Waals surface area (Å²) in [5.41, 5.74) is 0. The molecule has 2 atom stereocenters. The molecule has 1 aromatic rings. The number of amides is 2. The number of carbonyl (C=O) groups is 2. The van der Waals surface area contributed by atoms with Crippen molar-refractivity contribution < 1.29 is 14.3 Å². The van der Waals surface area contributed by atoms with E-state index in [1.54, 1.807) is 36.1 Å². The van der Waals surface area contributed by atoms with Gasteiger partial charge in [0, 0.05) is 37.2 Å². The lowest BCUT2D eigenvalue weighted by Crippen LogP contribution is -2.53. The Balaban J connectivity index is 1.76. The summed E-state index contributed by atoms with van der Waals surface area (Å²) in [5.74, 6) is 0.623. The Morgan fingerprint density at radius 2 is 1.77 bits per heavy atom. The summed E-state index contributed by atoms with van der Waals surface area (Å²) in [6.45, 7) is 8.75. The lowest BCUT2D eigenvalue weighted by molar-refractivity contribution is -0.139. The van der Waals surface area contributed by atoms with Gasteiger partial charge in [-0.3, -0.25) is 14.5 Å². The fourth-order valence-corrected chi connectivity index (χ4v) is 2.90. The molecular weight excluding hydrogens is 354 g/mol. The summed E-state index contributed by atoms with van der Waals surface area (Å²) in [4.78, 5) is 28.4. The first-order valence-corrected chi connectivity index (χ1v) is 9.49. The molecule has 0 saturated carbocycles. The minimum atomic E-state index is -0.559. The molecule has 1 fully saturated rings. The van der Waals surface area contributed by atoms with E-state index < -0.39 is 6.10 Å². The number of rotatable bonds is 7. The number of hydrogen-bond donors (Lipinski definition) is 1. The van der Waals surface area contributed by atoms with Gasteiger partial charge in [-0.1, -0.05) is 18.5 Å². The topological polar surface area (TPSA) is 61.9 Å². The average Bonchev–Trinajstić information content (AvgIpc) is 2.63. The van der Waals surface area contributed by atoms with Crippen molar-refractivity contribution >= 4 is 23.4 Å². The van der Waals surface area contributed by atoms with Crippen LogP contribution in [0.1, 0.15) is 27.2 Å². The van der Waals surface area contributed by atoms with Crippen molar-refractivity contribution in [1.29, 1.82) is 0 Å². The Labute approximate surface area is 160 Å². The molecule has 7 heteroatoms. The number of carbonyl (C=O) groups excluding carboxylic acids is 2. The lowest BCUT2D eigenvalue weighted by Gasteiger charge is -2.35. The molecular formula is C19H28ClN3O3. The van der Waals surface area contributed by atoms with Crippen LogP contribution in [0, 0.1) is 0 Å². The summed E-state index contributed by atoms with van der Waals surface area (Å²) in [6, 6.07) is 7.16. The van der Waals surface area contributed by atoms with Crippen LogP contribution in [-0.4, -0.2) is 66.5 Å². The first-order valence-electron chi connectivity index (χ1n) is 9.11. The Bertz CT molecular complexity index is 601. The summed E-state index contributed by atoms with van der Waals surface area (Å²) in [7, 11) is 0. The zero-order valence-electron chi connectivity index (χ0n) is 15.7. The maximum absolute atomic E-state index is 12.6. The van der Waals surface area contributed by atoms with Gasteiger partial charge in [-0.25, -0.2) is 0 Å². The van der Waals surface area contributed by atoms with Crippen LogP contribution in [0.15, 0.2) is 24.3 Å². The van der Waals surface area contributed by atoms with E-state index in [0.717, 1.165) is 6.42 Å². The standard InChI is InChI=1S/C19H28ClN3O3/c1-4-14(2)21-18(24)13-22-9-11-23(12-10-22)19(25)15(3)26-17-7-5-16(20)6-8-17/h5-8,14-15H,4,9-13H2,1-3H3,(H,21,24). The highest BCUT2D eigenvalue weighted by molar-refractivity contribution is 6.30. The fourth-order valence-electron chi connectivity index (χ4n) is 2.78. The Morgan fingerprint density at radius 1 is 1.15 bits per heavy atom. The largest absolute Gasteiger partial charge is 0.481 e. The molecule has 2 amide bonds. The van der Waals surface area contributed by atoms with E-state index in [0.29, 0.717) is 43.5 Å². The van der Waals surface area contributed by atoms with Crippen LogP contribution >= 0.6 is 11.6 Å². The molecule has 1 aliphatic heterocycles. The van der Waals surface area contributed by atoms with Crippen LogP contribution in [0.25, 0.3) is 0 Å². The molecule has 1 aromatic carbocycles. The summed E-state index contributed by atoms with van der Waals surface area (Å²) in [5, 5.41) is 3.60. The number of nitrogens with zero attached hydrogens (tertiary/aromatic N) is 2. The molecule has 1 saturated heterocycles. The van der Waals surface area contributed by atoms with Gasteiger partial charge in [0.1, 0.15) is 5.75 Å². The summed E-state index contributed by atoms with van der Waals surface area (Å²) >= 11 is 5.85. The predicted octanol–water partition coefficient (Wildman–Crippen LogP) is 2.17. The summed E-state index contributed by atoms with van der Waals surface area (Å²) in [6.07, 6.45) is 0.357. The van der Waals surface area contributed by atoms with Crippen LogP contribution in [0.3, 0.4) is 0 Å². The number of nitrogens with one attached hydrogen (secondary N) is 1. The van der Waals surface area contributed by atoms with Crippen molar-refractivity contribution in [3.05, 3.63) is 29.3 Å². The summed E-state index contributed by atoms with van der Waals surface area (Å²) < 4.78 is 5.70. The van der Waals surface area contributed by atoms with Crippen molar-refractivity contribution in [2.45, 2.75) is 39.3 Å². The van der Waals surface area contributed by atoms with E-state index in [1.807, 2.05) is 13.8 Å². The van der Waals surface area contributed by atoms with Gasteiger partial charge >= 0.3 is 0 Å². The number of halogens is 1. The van der Waals surface area contributed by atoms with Crippen molar-refractivity contribution in [2.75, 3.05) is 32.7 Å². The fraction of sp³-hybridized carbons (Fsp3) is 0.579. The maximum atomic E-state index is 12.6. The van der Waals surface area contributed by atoms with Gasteiger partial charge in [0.25, 0.3) is 5.91 Å². The lowest BCUT2D eigenvalue weighted by atomic mass is 10.2. The smallest absolute Gasteiger partial charge is 0.263 e. The zero-order valence-corrected chi connectivity index (χ0v) is 16.5. The number of piperazine rings is 1. The van der Waals surface area contributed by atoms with Crippen molar-refractivity contribution in [3.63, 3.8) is 0 Å². The molecule has 1 heterocycles. The van der Waals surface area contributed by atoms with Gasteiger partial charge < -0.3 is 15.0 Å². The Morgan fingerprint density at radius 3 is 2.35 bits per heavy atom. The number of hydrogen-bond acceptors (Lipinski definition) is 4. The molecule has 0 bridgehead atoms. The first-order chi connectivity index (χ1) is 12.4. The van der Waals surface area contributed by atoms with Gasteiger partial charge in [-0.05, 0) is 44.5 Å². The maximum Gasteiger partial charge on any atom is 0.263 e. The highest BCUT2D eigenvalue weighted by atomic mass is 35.5. The number of benzene rings is 1. The Hall–Kier alpha value is -1.79. The van der Waals surface area contributed by atoms with Crippen LogP contribution < -0.4 is 10.1 Å². The van der Waals surface area contributed by atoms with Crippen molar-refractivity contribution in [3.8, 4) is 5.75 Å². The van der Waals surface area contributed by atoms with E-state index in [4.69, 9.17) is 16.3 Å². The molecule has 6 nitrogen and oxygen atoms in total. The van der Waals surface area contributed by atoms with E-state index in [2.05, 4.69) is 10.2 Å². The molecule has 0 radical (unpaired) electrons. The minimum absolute atomic E-state index is 0.0383. The molecule has 0 aliphatic carbocycles. The first kappa shape index (κ1) is 20.5. The third kappa shape index (κ3) is 6.18. The predicted molar refractivity (Wildman–Crippen MR) is 102 cm³/mol. The highest BCUT2D eigenvalue weighted by Crippen LogP contribution is 2.17. The molecule has 1 aliphatic rings. The second kappa shape index (κ2) is 9.78. The third-order valence-corrected chi connectivity index (χ3v) is 4.80. The van der Waals surface area contributed by atoms with Gasteiger partial charge in [-0.15, -0.1) is 0 Å². The normalized spacial score (nSPS) is 17.5. The molecule has 0 aromatic heterocycles. The SMILES string of the molecule is CCC(C)NC(=O)CN1CCN(C(=O)C(C)Oc2ccc(Cl)cc2)CC1. The monoisotopic (exact) mass is 381 g/mol. The van der Waals surface area contributed by atoms with Gasteiger partial charge in [0.05, 0.1) is 6.54 Å². The van der Waals surface area contributed by atoms with E-state index in [1.165, 1.54) is 0 Å². The van der Waals surface area contributed by atoms with Gasteiger partial charge in [-0.2, -0.15) is 0 Å². The molecule has 0 spiro atoms. The van der Waals surface area contributed by atoms with E-state index in [9.17, 15) is 9.59 Å². The van der Waals surface area contributed by atoms with Crippen LogP contribution in [0.4, 0.5) is 0 Å². The van der Waals surface area contributed by atoms with E-state index >= 15 is 0 Å². The average molecular weight is 382 g/mol. The second-order valence-electron chi connectivity index (χ2n) is 6.69. The third-order valence-electron chi connectivity index (χ3n) is 4.55. The zero-order chi connectivity index (χ0) is 19.1. The highest BCUT2D eigenvalue weighted by Gasteiger charge is 2.26. The van der Waals surface area contributed by atoms with Gasteiger partial charge in [0.2, 0.25) is 5.91 Å². The van der Waals surface area contributed by atoms with Crippen LogP contribution in [0.2, 0.25) is 5.02 Å². The quantitative estimate of drug-likeness (QED) is 0.786.